The number of carbonyl (C=O) groups is 2. The Kier molecular flexibility index (Phi) is 5.16. The number of carbonyl (C=O) groups excluding carboxylic acids is 2. The van der Waals surface area contributed by atoms with Gasteiger partial charge in [0.1, 0.15) is 0 Å². The third-order valence-electron chi connectivity index (χ3n) is 4.67. The summed E-state index contributed by atoms with van der Waals surface area (Å²) >= 11 is 0. The number of nitrogens with zero attached hydrogens (tertiary/aromatic N) is 4. The van der Waals surface area contributed by atoms with E-state index in [1.165, 1.54) is 0 Å². The molecule has 1 aromatic heterocycles. The summed E-state index contributed by atoms with van der Waals surface area (Å²) in [5.74, 6) is 0.176. The normalized spacial score (nSPS) is 17.1. The molecule has 1 aromatic carbocycles. The smallest absolute Gasteiger partial charge is 0.242 e. The molecule has 0 spiro atoms. The molecule has 25 heavy (non-hydrogen) atoms. The summed E-state index contributed by atoms with van der Waals surface area (Å²) in [6.07, 6.45) is 4.19. The van der Waals surface area contributed by atoms with Gasteiger partial charge in [-0.05, 0) is 12.5 Å². The molecule has 6 heteroatoms. The SMILES string of the molecule is CCn1cc(CN(C)C(=O)CN2C[C@@H](c3ccccc3)CC2=O)cn1. The Morgan fingerprint density at radius 3 is 2.76 bits per heavy atom. The van der Waals surface area contributed by atoms with Crippen LogP contribution >= 0.6 is 0 Å². The van der Waals surface area contributed by atoms with Gasteiger partial charge in [0.05, 0.1) is 12.7 Å². The first-order chi connectivity index (χ1) is 12.1. The zero-order valence-electron chi connectivity index (χ0n) is 14.8. The first-order valence-electron chi connectivity index (χ1n) is 8.64. The van der Waals surface area contributed by atoms with Crippen molar-refractivity contribution in [1.82, 2.24) is 19.6 Å². The monoisotopic (exact) mass is 340 g/mol. The summed E-state index contributed by atoms with van der Waals surface area (Å²) < 4.78 is 1.84. The minimum Gasteiger partial charge on any atom is -0.340 e. The van der Waals surface area contributed by atoms with Crippen LogP contribution in [-0.4, -0.2) is 51.5 Å². The minimum absolute atomic E-state index is 0.0497. The fraction of sp³-hybridized carbons (Fsp3) is 0.421. The lowest BCUT2D eigenvalue weighted by Crippen LogP contribution is -2.38. The Balaban J connectivity index is 1.56. The van der Waals surface area contributed by atoms with Gasteiger partial charge in [-0.25, -0.2) is 0 Å². The number of amides is 2. The van der Waals surface area contributed by atoms with Crippen LogP contribution in [0.25, 0.3) is 0 Å². The number of rotatable bonds is 6. The van der Waals surface area contributed by atoms with Crippen LogP contribution in [0.5, 0.6) is 0 Å². The lowest BCUT2D eigenvalue weighted by molar-refractivity contribution is -0.137. The predicted molar refractivity (Wildman–Crippen MR) is 94.8 cm³/mol. The second-order valence-corrected chi connectivity index (χ2v) is 6.54. The van der Waals surface area contributed by atoms with Crippen molar-refractivity contribution >= 4 is 11.8 Å². The van der Waals surface area contributed by atoms with E-state index >= 15 is 0 Å². The van der Waals surface area contributed by atoms with Crippen LogP contribution in [0, 0.1) is 0 Å². The Labute approximate surface area is 148 Å². The number of aromatic nitrogens is 2. The summed E-state index contributed by atoms with van der Waals surface area (Å²) in [6, 6.07) is 10.0. The van der Waals surface area contributed by atoms with E-state index in [4.69, 9.17) is 0 Å². The predicted octanol–water partition coefficient (Wildman–Crippen LogP) is 1.88. The summed E-state index contributed by atoms with van der Waals surface area (Å²) in [5.41, 5.74) is 2.15. The van der Waals surface area contributed by atoms with E-state index in [0.29, 0.717) is 19.5 Å². The number of benzene rings is 1. The van der Waals surface area contributed by atoms with E-state index in [-0.39, 0.29) is 24.3 Å². The van der Waals surface area contributed by atoms with E-state index in [2.05, 4.69) is 5.10 Å². The van der Waals surface area contributed by atoms with Gasteiger partial charge < -0.3 is 9.80 Å². The van der Waals surface area contributed by atoms with Crippen LogP contribution in [0.4, 0.5) is 0 Å². The fourth-order valence-corrected chi connectivity index (χ4v) is 3.18. The number of hydrogen-bond donors (Lipinski definition) is 0. The summed E-state index contributed by atoms with van der Waals surface area (Å²) in [6.45, 7) is 4.08. The third-order valence-corrected chi connectivity index (χ3v) is 4.67. The number of likely N-dealkylation sites (tertiary alicyclic amines) is 1. The van der Waals surface area contributed by atoms with Crippen molar-refractivity contribution in [3.8, 4) is 0 Å². The molecule has 2 heterocycles. The maximum atomic E-state index is 12.5. The molecule has 1 aliphatic rings. The number of aryl methyl sites for hydroxylation is 1. The van der Waals surface area contributed by atoms with Crippen molar-refractivity contribution in [1.29, 1.82) is 0 Å². The number of likely N-dealkylation sites (N-methyl/N-ethyl adjacent to an activating group) is 1. The highest BCUT2D eigenvalue weighted by Crippen LogP contribution is 2.27. The third kappa shape index (κ3) is 4.07. The molecule has 0 saturated carbocycles. The molecule has 1 saturated heterocycles. The van der Waals surface area contributed by atoms with Crippen molar-refractivity contribution < 1.29 is 9.59 Å². The molecule has 0 radical (unpaired) electrons. The summed E-state index contributed by atoms with van der Waals surface area (Å²) in [4.78, 5) is 28.1. The van der Waals surface area contributed by atoms with Gasteiger partial charge in [-0.3, -0.25) is 14.3 Å². The van der Waals surface area contributed by atoms with Gasteiger partial charge in [-0.2, -0.15) is 5.10 Å². The Hall–Kier alpha value is -2.63. The second-order valence-electron chi connectivity index (χ2n) is 6.54. The highest BCUT2D eigenvalue weighted by molar-refractivity contribution is 5.86. The van der Waals surface area contributed by atoms with E-state index in [1.54, 1.807) is 23.0 Å². The lowest BCUT2D eigenvalue weighted by Gasteiger charge is -2.21. The average molecular weight is 340 g/mol. The number of hydrogen-bond acceptors (Lipinski definition) is 3. The maximum absolute atomic E-state index is 12.5. The molecule has 132 valence electrons. The summed E-state index contributed by atoms with van der Waals surface area (Å²) in [5, 5.41) is 4.22. The van der Waals surface area contributed by atoms with E-state index in [1.807, 2.05) is 48.1 Å². The van der Waals surface area contributed by atoms with Gasteiger partial charge in [0, 0.05) is 50.8 Å². The minimum atomic E-state index is -0.0497. The van der Waals surface area contributed by atoms with Crippen LogP contribution in [0.3, 0.4) is 0 Å². The van der Waals surface area contributed by atoms with Crippen LogP contribution in [-0.2, 0) is 22.7 Å². The molecule has 0 N–H and O–H groups in total. The lowest BCUT2D eigenvalue weighted by atomic mass is 9.99. The van der Waals surface area contributed by atoms with Gasteiger partial charge in [-0.15, -0.1) is 0 Å². The van der Waals surface area contributed by atoms with Gasteiger partial charge >= 0.3 is 0 Å². The Bertz CT molecular complexity index is 741. The van der Waals surface area contributed by atoms with Crippen molar-refractivity contribution in [3.05, 3.63) is 53.9 Å². The first kappa shape index (κ1) is 17.2. The highest BCUT2D eigenvalue weighted by Gasteiger charge is 2.32. The Morgan fingerprint density at radius 2 is 2.08 bits per heavy atom. The fourth-order valence-electron chi connectivity index (χ4n) is 3.18. The van der Waals surface area contributed by atoms with Gasteiger partial charge in [0.25, 0.3) is 0 Å². The molecule has 1 aliphatic heterocycles. The van der Waals surface area contributed by atoms with Crippen molar-refractivity contribution in [2.75, 3.05) is 20.1 Å². The van der Waals surface area contributed by atoms with Crippen molar-refractivity contribution in [2.24, 2.45) is 0 Å². The van der Waals surface area contributed by atoms with Gasteiger partial charge in [-0.1, -0.05) is 30.3 Å². The van der Waals surface area contributed by atoms with E-state index in [9.17, 15) is 9.59 Å². The molecule has 1 atom stereocenters. The molecule has 3 rings (SSSR count). The second kappa shape index (κ2) is 7.51. The van der Waals surface area contributed by atoms with Crippen LogP contribution < -0.4 is 0 Å². The largest absolute Gasteiger partial charge is 0.340 e. The van der Waals surface area contributed by atoms with Crippen LogP contribution in [0.1, 0.15) is 30.4 Å². The molecule has 0 unspecified atom stereocenters. The Morgan fingerprint density at radius 1 is 1.32 bits per heavy atom. The summed E-state index contributed by atoms with van der Waals surface area (Å²) in [7, 11) is 1.76. The van der Waals surface area contributed by atoms with E-state index < -0.39 is 0 Å². The zero-order chi connectivity index (χ0) is 17.8. The van der Waals surface area contributed by atoms with Gasteiger partial charge in [0.15, 0.2) is 0 Å². The van der Waals surface area contributed by atoms with Crippen molar-refractivity contribution in [2.45, 2.75) is 32.4 Å². The molecular weight excluding hydrogens is 316 g/mol. The standard InChI is InChI=1S/C19H24N4O2/c1-3-23-12-15(10-20-23)11-21(2)19(25)14-22-13-17(9-18(22)24)16-7-5-4-6-8-16/h4-8,10,12,17H,3,9,11,13-14H2,1-2H3/t17-/m0/s1. The molecule has 1 fully saturated rings. The maximum Gasteiger partial charge on any atom is 0.242 e. The quantitative estimate of drug-likeness (QED) is 0.807. The molecule has 2 amide bonds. The molecule has 0 bridgehead atoms. The van der Waals surface area contributed by atoms with Crippen molar-refractivity contribution in [3.63, 3.8) is 0 Å². The average Bonchev–Trinajstić information content (AvgIpc) is 3.22. The molecule has 0 aliphatic carbocycles. The molecular formula is C19H24N4O2. The van der Waals surface area contributed by atoms with Crippen LogP contribution in [0.2, 0.25) is 0 Å². The highest BCUT2D eigenvalue weighted by atomic mass is 16.2. The molecule has 6 nitrogen and oxygen atoms in total. The zero-order valence-corrected chi connectivity index (χ0v) is 14.8. The topological polar surface area (TPSA) is 58.4 Å². The van der Waals surface area contributed by atoms with Gasteiger partial charge in [0.2, 0.25) is 11.8 Å². The van der Waals surface area contributed by atoms with Crippen LogP contribution in [0.15, 0.2) is 42.7 Å². The first-order valence-corrected chi connectivity index (χ1v) is 8.64. The van der Waals surface area contributed by atoms with E-state index in [0.717, 1.165) is 17.7 Å². The molecule has 2 aromatic rings.